The Balaban J connectivity index is 2.05. The molecule has 0 saturated carbocycles. The van der Waals surface area contributed by atoms with Gasteiger partial charge in [-0.15, -0.1) is 0 Å². The second-order valence-electron chi connectivity index (χ2n) is 6.26. The lowest BCUT2D eigenvalue weighted by Crippen LogP contribution is -2.37. The van der Waals surface area contributed by atoms with Crippen molar-refractivity contribution in [3.05, 3.63) is 64.9 Å². The van der Waals surface area contributed by atoms with Crippen LogP contribution in [0.4, 0.5) is 10.1 Å². The molecule has 0 spiro atoms. The van der Waals surface area contributed by atoms with Gasteiger partial charge in [0.15, 0.2) is 0 Å². The van der Waals surface area contributed by atoms with Crippen LogP contribution in [0, 0.1) is 11.7 Å². The lowest BCUT2D eigenvalue weighted by molar-refractivity contribution is -0.145. The van der Waals surface area contributed by atoms with Crippen molar-refractivity contribution in [2.75, 3.05) is 25.5 Å². The number of amides is 1. The van der Waals surface area contributed by atoms with Crippen molar-refractivity contribution in [3.8, 4) is 0 Å². The molecule has 1 amide bonds. The zero-order chi connectivity index (χ0) is 19.8. The van der Waals surface area contributed by atoms with E-state index in [1.807, 2.05) is 35.2 Å². The van der Waals surface area contributed by atoms with Crippen molar-refractivity contribution in [2.45, 2.75) is 13.5 Å². The highest BCUT2D eigenvalue weighted by molar-refractivity contribution is 6.31. The molecule has 0 aliphatic carbocycles. The van der Waals surface area contributed by atoms with E-state index in [9.17, 15) is 14.0 Å². The van der Waals surface area contributed by atoms with Gasteiger partial charge in [0.2, 0.25) is 5.91 Å². The third-order valence-electron chi connectivity index (χ3n) is 3.96. The summed E-state index contributed by atoms with van der Waals surface area (Å²) in [5, 5.41) is 2.63. The maximum Gasteiger partial charge on any atom is 0.309 e. The van der Waals surface area contributed by atoms with Crippen LogP contribution < -0.4 is 5.32 Å². The van der Waals surface area contributed by atoms with Crippen LogP contribution in [0.15, 0.2) is 48.5 Å². The van der Waals surface area contributed by atoms with Gasteiger partial charge in [0.1, 0.15) is 5.82 Å². The Morgan fingerprint density at radius 3 is 2.56 bits per heavy atom. The zero-order valence-electron chi connectivity index (χ0n) is 15.2. The highest BCUT2D eigenvalue weighted by Gasteiger charge is 2.20. The maximum atomic E-state index is 13.2. The average Bonchev–Trinajstić information content (AvgIpc) is 2.64. The molecule has 0 bridgehead atoms. The third kappa shape index (κ3) is 6.66. The molecule has 1 N–H and O–H groups in total. The van der Waals surface area contributed by atoms with Crippen LogP contribution in [0.5, 0.6) is 0 Å². The Kier molecular flexibility index (Phi) is 7.76. The zero-order valence-corrected chi connectivity index (χ0v) is 16.0. The normalized spacial score (nSPS) is 11.9. The number of carbonyl (C=O) groups excluding carboxylic acids is 2. The van der Waals surface area contributed by atoms with Gasteiger partial charge in [0, 0.05) is 18.8 Å². The third-order valence-corrected chi connectivity index (χ3v) is 4.24. The predicted octanol–water partition coefficient (Wildman–Crippen LogP) is 3.73. The van der Waals surface area contributed by atoms with Crippen LogP contribution in [0.25, 0.3) is 0 Å². The molecular formula is C20H22ClFN2O3. The number of benzene rings is 2. The van der Waals surface area contributed by atoms with Crippen LogP contribution >= 0.6 is 11.6 Å². The van der Waals surface area contributed by atoms with E-state index in [1.54, 1.807) is 6.92 Å². The molecular weight excluding hydrogens is 371 g/mol. The summed E-state index contributed by atoms with van der Waals surface area (Å²) in [5.41, 5.74) is 1.43. The van der Waals surface area contributed by atoms with Crippen LogP contribution in [-0.2, 0) is 20.9 Å². The number of methoxy groups -OCH3 is 1. The summed E-state index contributed by atoms with van der Waals surface area (Å²) in [6, 6.07) is 13.6. The number of anilines is 1. The number of esters is 1. The van der Waals surface area contributed by atoms with Gasteiger partial charge in [-0.2, -0.15) is 0 Å². The minimum atomic E-state index is -0.549. The summed E-state index contributed by atoms with van der Waals surface area (Å²) in [5.74, 6) is -1.55. The number of nitrogens with zero attached hydrogens (tertiary/aromatic N) is 1. The number of hydrogen-bond acceptors (Lipinski definition) is 4. The highest BCUT2D eigenvalue weighted by atomic mass is 35.5. The van der Waals surface area contributed by atoms with E-state index in [-0.39, 0.29) is 29.4 Å². The van der Waals surface area contributed by atoms with Gasteiger partial charge in [-0.05, 0) is 23.8 Å². The van der Waals surface area contributed by atoms with Crippen molar-refractivity contribution >= 4 is 29.2 Å². The fourth-order valence-electron chi connectivity index (χ4n) is 2.67. The van der Waals surface area contributed by atoms with Crippen molar-refractivity contribution in [1.82, 2.24) is 4.90 Å². The van der Waals surface area contributed by atoms with Gasteiger partial charge in [-0.3, -0.25) is 14.5 Å². The molecule has 0 saturated heterocycles. The Bertz CT molecular complexity index is 786. The minimum Gasteiger partial charge on any atom is -0.469 e. The molecule has 0 fully saturated rings. The van der Waals surface area contributed by atoms with Crippen molar-refractivity contribution in [1.29, 1.82) is 0 Å². The number of carbonyl (C=O) groups is 2. The van der Waals surface area contributed by atoms with E-state index in [4.69, 9.17) is 16.3 Å². The molecule has 2 rings (SSSR count). The molecule has 7 heteroatoms. The van der Waals surface area contributed by atoms with Crippen LogP contribution in [0.2, 0.25) is 5.02 Å². The van der Waals surface area contributed by atoms with E-state index in [1.165, 1.54) is 25.3 Å². The first-order valence-corrected chi connectivity index (χ1v) is 8.86. The molecule has 0 aliphatic rings. The van der Waals surface area contributed by atoms with E-state index < -0.39 is 5.82 Å². The van der Waals surface area contributed by atoms with Crippen molar-refractivity contribution in [2.24, 2.45) is 5.92 Å². The largest absolute Gasteiger partial charge is 0.469 e. The van der Waals surface area contributed by atoms with Crippen LogP contribution in [0.1, 0.15) is 12.5 Å². The van der Waals surface area contributed by atoms with Crippen LogP contribution in [0.3, 0.4) is 0 Å². The molecule has 1 unspecified atom stereocenters. The van der Waals surface area contributed by atoms with Gasteiger partial charge >= 0.3 is 5.97 Å². The minimum absolute atomic E-state index is 0.0607. The van der Waals surface area contributed by atoms with Crippen molar-refractivity contribution in [3.63, 3.8) is 0 Å². The number of ether oxygens (including phenoxy) is 1. The fraction of sp³-hybridized carbons (Fsp3) is 0.300. The van der Waals surface area contributed by atoms with E-state index in [2.05, 4.69) is 5.32 Å². The second kappa shape index (κ2) is 10.0. The van der Waals surface area contributed by atoms with Crippen molar-refractivity contribution < 1.29 is 18.7 Å². The Morgan fingerprint density at radius 2 is 1.93 bits per heavy atom. The van der Waals surface area contributed by atoms with Gasteiger partial charge < -0.3 is 10.1 Å². The Labute approximate surface area is 163 Å². The SMILES string of the molecule is COC(=O)C(C)CN(CC(=O)Nc1ccc(F)c(Cl)c1)Cc1ccccc1. The summed E-state index contributed by atoms with van der Waals surface area (Å²) in [6.45, 7) is 2.67. The number of hydrogen-bond donors (Lipinski definition) is 1. The lowest BCUT2D eigenvalue weighted by Gasteiger charge is -2.24. The molecule has 0 radical (unpaired) electrons. The Hall–Kier alpha value is -2.44. The maximum absolute atomic E-state index is 13.2. The molecule has 0 heterocycles. The standard InChI is InChI=1S/C20H22ClFN2O3/c1-14(20(26)27-2)11-24(12-15-6-4-3-5-7-15)13-19(25)23-16-8-9-18(22)17(21)10-16/h3-10,14H,11-13H2,1-2H3,(H,23,25). The summed E-state index contributed by atoms with van der Waals surface area (Å²) in [6.07, 6.45) is 0. The molecule has 0 aromatic heterocycles. The lowest BCUT2D eigenvalue weighted by atomic mass is 10.1. The molecule has 2 aromatic rings. The summed E-state index contributed by atoms with van der Waals surface area (Å²) in [4.78, 5) is 26.0. The molecule has 144 valence electrons. The van der Waals surface area contributed by atoms with Gasteiger partial charge in [-0.1, -0.05) is 48.9 Å². The average molecular weight is 393 g/mol. The summed E-state index contributed by atoms with van der Waals surface area (Å²) in [7, 11) is 1.34. The smallest absolute Gasteiger partial charge is 0.309 e. The monoisotopic (exact) mass is 392 g/mol. The molecule has 1 atom stereocenters. The first kappa shape index (κ1) is 20.9. The van der Waals surface area contributed by atoms with Crippen LogP contribution in [-0.4, -0.2) is 37.0 Å². The van der Waals surface area contributed by atoms with E-state index in [0.717, 1.165) is 5.56 Å². The second-order valence-corrected chi connectivity index (χ2v) is 6.66. The quantitative estimate of drug-likeness (QED) is 0.695. The first-order chi connectivity index (χ1) is 12.9. The number of halogens is 2. The summed E-state index contributed by atoms with van der Waals surface area (Å²) >= 11 is 5.74. The number of nitrogens with one attached hydrogen (secondary N) is 1. The van der Waals surface area contributed by atoms with E-state index >= 15 is 0 Å². The topological polar surface area (TPSA) is 58.6 Å². The molecule has 5 nitrogen and oxygen atoms in total. The Morgan fingerprint density at radius 1 is 1.22 bits per heavy atom. The fourth-order valence-corrected chi connectivity index (χ4v) is 2.85. The molecule has 2 aromatic carbocycles. The summed E-state index contributed by atoms with van der Waals surface area (Å²) < 4.78 is 18.0. The predicted molar refractivity (Wildman–Crippen MR) is 103 cm³/mol. The van der Waals surface area contributed by atoms with Gasteiger partial charge in [0.05, 0.1) is 24.6 Å². The first-order valence-electron chi connectivity index (χ1n) is 8.48. The highest BCUT2D eigenvalue weighted by Crippen LogP contribution is 2.19. The van der Waals surface area contributed by atoms with Gasteiger partial charge in [-0.25, -0.2) is 4.39 Å². The van der Waals surface area contributed by atoms with E-state index in [0.29, 0.717) is 18.8 Å². The molecule has 0 aliphatic heterocycles. The van der Waals surface area contributed by atoms with Gasteiger partial charge in [0.25, 0.3) is 0 Å². The molecule has 27 heavy (non-hydrogen) atoms. The number of rotatable bonds is 8.